The molecular weight excluding hydrogens is 256 g/mol. The second kappa shape index (κ2) is 5.25. The van der Waals surface area contributed by atoms with Crippen LogP contribution >= 0.6 is 0 Å². The van der Waals surface area contributed by atoms with Gasteiger partial charge in [0.1, 0.15) is 18.3 Å². The maximum Gasteiger partial charge on any atom is 0.330 e. The van der Waals surface area contributed by atoms with Crippen LogP contribution in [0, 0.1) is 0 Å². The summed E-state index contributed by atoms with van der Waals surface area (Å²) in [6.07, 6.45) is -3.44. The van der Waals surface area contributed by atoms with Crippen LogP contribution in [-0.4, -0.2) is 49.8 Å². The summed E-state index contributed by atoms with van der Waals surface area (Å²) in [6.45, 7) is 1.23. The SMILES string of the molecule is CCc1c[nH]c(=O)n(C2O[C@H](CO)[C@@H](O)[C@@H]2O)c1=O. The molecule has 1 unspecified atom stereocenters. The summed E-state index contributed by atoms with van der Waals surface area (Å²) in [6, 6.07) is 0. The molecule has 0 bridgehead atoms. The van der Waals surface area contributed by atoms with E-state index in [-0.39, 0.29) is 0 Å². The van der Waals surface area contributed by atoms with Gasteiger partial charge in [-0.15, -0.1) is 0 Å². The molecule has 106 valence electrons. The van der Waals surface area contributed by atoms with Crippen LogP contribution in [0.15, 0.2) is 15.8 Å². The zero-order chi connectivity index (χ0) is 14.2. The fourth-order valence-electron chi connectivity index (χ4n) is 2.10. The molecule has 0 amide bonds. The van der Waals surface area contributed by atoms with Gasteiger partial charge < -0.3 is 25.0 Å². The van der Waals surface area contributed by atoms with Crippen LogP contribution in [0.25, 0.3) is 0 Å². The lowest BCUT2D eigenvalue weighted by molar-refractivity contribution is -0.0565. The van der Waals surface area contributed by atoms with Gasteiger partial charge in [-0.25, -0.2) is 9.36 Å². The molecule has 2 heterocycles. The first kappa shape index (κ1) is 13.9. The van der Waals surface area contributed by atoms with Gasteiger partial charge in [-0.2, -0.15) is 0 Å². The van der Waals surface area contributed by atoms with Gasteiger partial charge in [0, 0.05) is 11.8 Å². The number of nitrogens with zero attached hydrogens (tertiary/aromatic N) is 1. The predicted molar refractivity (Wildman–Crippen MR) is 63.7 cm³/mol. The van der Waals surface area contributed by atoms with E-state index in [1.165, 1.54) is 6.20 Å². The molecule has 2 rings (SSSR count). The van der Waals surface area contributed by atoms with E-state index in [9.17, 15) is 19.8 Å². The Bertz CT molecular complexity index is 565. The molecule has 0 saturated carbocycles. The molecule has 1 aliphatic rings. The summed E-state index contributed by atoms with van der Waals surface area (Å²) < 4.78 is 5.90. The van der Waals surface area contributed by atoms with Crippen LogP contribution in [0.4, 0.5) is 0 Å². The average molecular weight is 272 g/mol. The second-order valence-electron chi connectivity index (χ2n) is 4.38. The topological polar surface area (TPSA) is 125 Å². The number of aromatic amines is 1. The van der Waals surface area contributed by atoms with Crippen LogP contribution in [0.1, 0.15) is 18.7 Å². The highest BCUT2D eigenvalue weighted by Gasteiger charge is 2.44. The first-order chi connectivity index (χ1) is 9.01. The average Bonchev–Trinajstić information content (AvgIpc) is 2.67. The monoisotopic (exact) mass is 272 g/mol. The maximum absolute atomic E-state index is 12.1. The van der Waals surface area contributed by atoms with Crippen LogP contribution in [-0.2, 0) is 11.2 Å². The summed E-state index contributed by atoms with van der Waals surface area (Å²) in [5.41, 5.74) is -0.963. The lowest BCUT2D eigenvalue weighted by Gasteiger charge is -2.16. The Kier molecular flexibility index (Phi) is 3.85. The van der Waals surface area contributed by atoms with Crippen molar-refractivity contribution in [1.82, 2.24) is 9.55 Å². The fraction of sp³-hybridized carbons (Fsp3) is 0.636. The zero-order valence-corrected chi connectivity index (χ0v) is 10.3. The summed E-state index contributed by atoms with van der Waals surface area (Å²) in [5.74, 6) is 0. The van der Waals surface area contributed by atoms with Crippen molar-refractivity contribution in [2.24, 2.45) is 0 Å². The van der Waals surface area contributed by atoms with Crippen molar-refractivity contribution in [3.8, 4) is 0 Å². The van der Waals surface area contributed by atoms with Crippen molar-refractivity contribution >= 4 is 0 Å². The Morgan fingerprint density at radius 1 is 1.37 bits per heavy atom. The van der Waals surface area contributed by atoms with E-state index in [1.54, 1.807) is 6.92 Å². The van der Waals surface area contributed by atoms with Gasteiger partial charge in [0.05, 0.1) is 6.61 Å². The number of nitrogens with one attached hydrogen (secondary N) is 1. The van der Waals surface area contributed by atoms with Gasteiger partial charge in [-0.1, -0.05) is 6.92 Å². The van der Waals surface area contributed by atoms with E-state index in [0.29, 0.717) is 12.0 Å². The molecule has 19 heavy (non-hydrogen) atoms. The molecule has 8 nitrogen and oxygen atoms in total. The lowest BCUT2D eigenvalue weighted by atomic mass is 10.1. The van der Waals surface area contributed by atoms with Crippen molar-refractivity contribution in [1.29, 1.82) is 0 Å². The molecule has 1 fully saturated rings. The smallest absolute Gasteiger partial charge is 0.330 e. The number of aliphatic hydroxyl groups excluding tert-OH is 3. The van der Waals surface area contributed by atoms with E-state index in [1.807, 2.05) is 0 Å². The second-order valence-corrected chi connectivity index (χ2v) is 4.38. The Morgan fingerprint density at radius 2 is 2.05 bits per heavy atom. The molecule has 1 aromatic heterocycles. The molecule has 8 heteroatoms. The van der Waals surface area contributed by atoms with Crippen LogP contribution in [0.2, 0.25) is 0 Å². The Labute approximate surface area is 107 Å². The predicted octanol–water partition coefficient (Wildman–Crippen LogP) is -2.29. The summed E-state index contributed by atoms with van der Waals surface area (Å²) in [7, 11) is 0. The Morgan fingerprint density at radius 3 is 2.58 bits per heavy atom. The third kappa shape index (κ3) is 2.23. The number of aromatic nitrogens is 2. The molecule has 0 aliphatic carbocycles. The number of H-pyrrole nitrogens is 1. The standard InChI is InChI=1S/C11H16N2O6/c1-2-5-3-12-11(18)13(9(5)17)10-8(16)7(15)6(4-14)19-10/h3,6-8,10,14-16H,2,4H2,1H3,(H,12,18)/t6-,7-,8+,10?/m1/s1. The molecule has 0 radical (unpaired) electrons. The number of ether oxygens (including phenoxy) is 1. The molecular formula is C11H16N2O6. The summed E-state index contributed by atoms with van der Waals surface area (Å²) in [4.78, 5) is 26.2. The number of hydrogen-bond acceptors (Lipinski definition) is 6. The first-order valence-electron chi connectivity index (χ1n) is 5.96. The number of aliphatic hydroxyl groups is 3. The highest BCUT2D eigenvalue weighted by molar-refractivity contribution is 5.05. The molecule has 1 saturated heterocycles. The van der Waals surface area contributed by atoms with Gasteiger partial charge in [0.25, 0.3) is 5.56 Å². The van der Waals surface area contributed by atoms with Crippen molar-refractivity contribution in [2.75, 3.05) is 6.61 Å². The fourth-order valence-corrected chi connectivity index (χ4v) is 2.10. The first-order valence-corrected chi connectivity index (χ1v) is 5.96. The normalized spacial score (nSPS) is 30.7. The van der Waals surface area contributed by atoms with Crippen LogP contribution in [0.3, 0.4) is 0 Å². The van der Waals surface area contributed by atoms with E-state index >= 15 is 0 Å². The van der Waals surface area contributed by atoms with Gasteiger partial charge >= 0.3 is 5.69 Å². The molecule has 0 aromatic carbocycles. The van der Waals surface area contributed by atoms with Crippen molar-refractivity contribution in [3.05, 3.63) is 32.6 Å². The van der Waals surface area contributed by atoms with Crippen molar-refractivity contribution in [2.45, 2.75) is 37.9 Å². The molecule has 4 atom stereocenters. The van der Waals surface area contributed by atoms with E-state index < -0.39 is 42.4 Å². The molecule has 1 aromatic rings. The highest BCUT2D eigenvalue weighted by Crippen LogP contribution is 2.27. The van der Waals surface area contributed by atoms with Gasteiger partial charge in [0.15, 0.2) is 6.23 Å². The maximum atomic E-state index is 12.1. The minimum absolute atomic E-state index is 0.359. The number of hydrogen-bond donors (Lipinski definition) is 4. The van der Waals surface area contributed by atoms with Crippen LogP contribution < -0.4 is 11.2 Å². The Balaban J connectivity index is 2.49. The molecule has 4 N–H and O–H groups in total. The third-order valence-corrected chi connectivity index (χ3v) is 3.23. The van der Waals surface area contributed by atoms with Crippen LogP contribution in [0.5, 0.6) is 0 Å². The quantitative estimate of drug-likeness (QED) is 0.491. The van der Waals surface area contributed by atoms with Gasteiger partial charge in [-0.3, -0.25) is 4.79 Å². The lowest BCUT2D eigenvalue weighted by Crippen LogP contribution is -2.43. The largest absolute Gasteiger partial charge is 0.394 e. The van der Waals surface area contributed by atoms with E-state index in [4.69, 9.17) is 9.84 Å². The minimum atomic E-state index is -1.46. The number of rotatable bonds is 3. The molecule has 1 aliphatic heterocycles. The van der Waals surface area contributed by atoms with Crippen molar-refractivity contribution in [3.63, 3.8) is 0 Å². The molecule has 0 spiro atoms. The van der Waals surface area contributed by atoms with Crippen molar-refractivity contribution < 1.29 is 20.1 Å². The van der Waals surface area contributed by atoms with Gasteiger partial charge in [0.2, 0.25) is 0 Å². The Hall–Kier alpha value is -1.48. The summed E-state index contributed by atoms with van der Waals surface area (Å²) >= 11 is 0. The number of aryl methyl sites for hydroxylation is 1. The highest BCUT2D eigenvalue weighted by atomic mass is 16.6. The van der Waals surface area contributed by atoms with E-state index in [2.05, 4.69) is 4.98 Å². The summed E-state index contributed by atoms with van der Waals surface area (Å²) in [5, 5.41) is 28.4. The zero-order valence-electron chi connectivity index (χ0n) is 10.3. The third-order valence-electron chi connectivity index (χ3n) is 3.23. The van der Waals surface area contributed by atoms with Gasteiger partial charge in [-0.05, 0) is 6.42 Å². The minimum Gasteiger partial charge on any atom is -0.394 e. The van der Waals surface area contributed by atoms with E-state index in [0.717, 1.165) is 4.57 Å².